The van der Waals surface area contributed by atoms with Gasteiger partial charge in [0, 0.05) is 18.4 Å². The molecule has 124 valence electrons. The Labute approximate surface area is 138 Å². The number of aliphatic hydroxyl groups excluding tert-OH is 1. The predicted molar refractivity (Wildman–Crippen MR) is 92.7 cm³/mol. The van der Waals surface area contributed by atoms with E-state index in [-0.39, 0.29) is 12.5 Å². The summed E-state index contributed by atoms with van der Waals surface area (Å²) in [7, 11) is 1.67. The number of hydrogen-bond donors (Lipinski definition) is 1. The number of hydrogen-bond acceptors (Lipinski definition) is 4. The lowest BCUT2D eigenvalue weighted by Gasteiger charge is -2.14. The van der Waals surface area contributed by atoms with Crippen LogP contribution in [0.2, 0.25) is 0 Å². The molecule has 0 radical (unpaired) electrons. The summed E-state index contributed by atoms with van der Waals surface area (Å²) in [6.45, 7) is 6.59. The van der Waals surface area contributed by atoms with Gasteiger partial charge in [0.15, 0.2) is 0 Å². The lowest BCUT2D eigenvalue weighted by molar-refractivity contribution is 0.221. The van der Waals surface area contributed by atoms with Crippen LogP contribution in [0.25, 0.3) is 11.3 Å². The number of aromatic nitrogens is 2. The fourth-order valence-electron chi connectivity index (χ4n) is 2.55. The van der Waals surface area contributed by atoms with Gasteiger partial charge < -0.3 is 9.84 Å². The molecule has 23 heavy (non-hydrogen) atoms. The van der Waals surface area contributed by atoms with E-state index in [1.807, 2.05) is 6.07 Å². The second-order valence-electron chi connectivity index (χ2n) is 6.17. The highest BCUT2D eigenvalue weighted by Gasteiger charge is 2.13. The minimum Gasteiger partial charge on any atom is -0.496 e. The van der Waals surface area contributed by atoms with E-state index in [1.54, 1.807) is 19.5 Å². The molecule has 0 amide bonds. The van der Waals surface area contributed by atoms with Crippen LogP contribution >= 0.6 is 0 Å². The van der Waals surface area contributed by atoms with E-state index < -0.39 is 0 Å². The summed E-state index contributed by atoms with van der Waals surface area (Å²) in [5.41, 5.74) is 3.93. The lowest BCUT2D eigenvalue weighted by atomic mass is 9.98. The highest BCUT2D eigenvalue weighted by Crippen LogP contribution is 2.31. The van der Waals surface area contributed by atoms with Gasteiger partial charge in [-0.05, 0) is 36.0 Å². The van der Waals surface area contributed by atoms with E-state index in [2.05, 4.69) is 37.9 Å². The molecule has 4 nitrogen and oxygen atoms in total. The number of benzene rings is 1. The molecule has 2 rings (SSSR count). The Morgan fingerprint density at radius 1 is 1.22 bits per heavy atom. The SMILES string of the molecule is CCC(CO)Cc1cncc(-c2cc(C(C)C)ccc2OC)n1. The fourth-order valence-corrected chi connectivity index (χ4v) is 2.55. The first-order valence-corrected chi connectivity index (χ1v) is 8.19. The van der Waals surface area contributed by atoms with Crippen molar-refractivity contribution in [3.63, 3.8) is 0 Å². The molecule has 1 atom stereocenters. The maximum Gasteiger partial charge on any atom is 0.128 e. The average Bonchev–Trinajstić information content (AvgIpc) is 2.59. The van der Waals surface area contributed by atoms with Crippen molar-refractivity contribution in [1.29, 1.82) is 0 Å². The van der Waals surface area contributed by atoms with Crippen molar-refractivity contribution >= 4 is 0 Å². The maximum atomic E-state index is 9.39. The van der Waals surface area contributed by atoms with E-state index >= 15 is 0 Å². The minimum atomic E-state index is 0.175. The van der Waals surface area contributed by atoms with Crippen molar-refractivity contribution in [3.05, 3.63) is 41.9 Å². The van der Waals surface area contributed by atoms with Gasteiger partial charge >= 0.3 is 0 Å². The van der Waals surface area contributed by atoms with Gasteiger partial charge in [-0.15, -0.1) is 0 Å². The van der Waals surface area contributed by atoms with Gasteiger partial charge in [0.25, 0.3) is 0 Å². The zero-order chi connectivity index (χ0) is 16.8. The van der Waals surface area contributed by atoms with E-state index in [0.29, 0.717) is 5.92 Å². The molecule has 0 aliphatic heterocycles. The van der Waals surface area contributed by atoms with Crippen LogP contribution in [-0.4, -0.2) is 28.8 Å². The second kappa shape index (κ2) is 8.06. The Morgan fingerprint density at radius 3 is 2.61 bits per heavy atom. The zero-order valence-corrected chi connectivity index (χ0v) is 14.4. The molecule has 1 N–H and O–H groups in total. The Bertz CT molecular complexity index is 637. The number of aliphatic hydroxyl groups is 1. The molecule has 0 aliphatic rings. The second-order valence-corrected chi connectivity index (χ2v) is 6.17. The van der Waals surface area contributed by atoms with Gasteiger partial charge in [-0.2, -0.15) is 0 Å². The van der Waals surface area contributed by atoms with E-state index in [0.717, 1.165) is 35.5 Å². The van der Waals surface area contributed by atoms with Crippen molar-refractivity contribution in [2.75, 3.05) is 13.7 Å². The highest BCUT2D eigenvalue weighted by atomic mass is 16.5. The molecule has 0 saturated carbocycles. The van der Waals surface area contributed by atoms with Crippen molar-refractivity contribution in [1.82, 2.24) is 9.97 Å². The molecule has 0 bridgehead atoms. The van der Waals surface area contributed by atoms with Crippen LogP contribution < -0.4 is 4.74 Å². The molecule has 2 aromatic rings. The topological polar surface area (TPSA) is 55.2 Å². The third kappa shape index (κ3) is 4.29. The lowest BCUT2D eigenvalue weighted by Crippen LogP contribution is -2.10. The molecule has 0 spiro atoms. The van der Waals surface area contributed by atoms with E-state index in [9.17, 15) is 5.11 Å². The molecule has 1 aromatic carbocycles. The molecule has 4 heteroatoms. The Morgan fingerprint density at radius 2 is 2.00 bits per heavy atom. The minimum absolute atomic E-state index is 0.175. The first kappa shape index (κ1) is 17.4. The maximum absolute atomic E-state index is 9.39. The third-order valence-corrected chi connectivity index (χ3v) is 4.18. The number of nitrogens with zero attached hydrogens (tertiary/aromatic N) is 2. The summed E-state index contributed by atoms with van der Waals surface area (Å²) in [6, 6.07) is 6.20. The number of rotatable bonds is 7. The van der Waals surface area contributed by atoms with Crippen molar-refractivity contribution in [2.45, 2.75) is 39.5 Å². The van der Waals surface area contributed by atoms with Gasteiger partial charge in [-0.3, -0.25) is 4.98 Å². The first-order chi connectivity index (χ1) is 11.1. The van der Waals surface area contributed by atoms with Gasteiger partial charge in [0.1, 0.15) is 5.75 Å². The monoisotopic (exact) mass is 314 g/mol. The quantitative estimate of drug-likeness (QED) is 0.843. The molecular formula is C19H26N2O2. The predicted octanol–water partition coefficient (Wildman–Crippen LogP) is 3.84. The van der Waals surface area contributed by atoms with Gasteiger partial charge in [-0.25, -0.2) is 4.98 Å². The summed E-state index contributed by atoms with van der Waals surface area (Å²) < 4.78 is 5.49. The number of methoxy groups -OCH3 is 1. The van der Waals surface area contributed by atoms with Crippen LogP contribution in [0, 0.1) is 5.92 Å². The summed E-state index contributed by atoms with van der Waals surface area (Å²) in [6.07, 6.45) is 5.21. The van der Waals surface area contributed by atoms with Crippen molar-refractivity contribution in [2.24, 2.45) is 5.92 Å². The largest absolute Gasteiger partial charge is 0.496 e. The van der Waals surface area contributed by atoms with Crippen molar-refractivity contribution in [3.8, 4) is 17.0 Å². The molecule has 1 aromatic heterocycles. The van der Waals surface area contributed by atoms with Crippen LogP contribution in [0.4, 0.5) is 0 Å². The van der Waals surface area contributed by atoms with Gasteiger partial charge in [-0.1, -0.05) is 33.3 Å². The normalized spacial score (nSPS) is 12.4. The zero-order valence-electron chi connectivity index (χ0n) is 14.4. The fraction of sp³-hybridized carbons (Fsp3) is 0.474. The first-order valence-electron chi connectivity index (χ1n) is 8.19. The summed E-state index contributed by atoms with van der Waals surface area (Å²) in [4.78, 5) is 9.07. The Balaban J connectivity index is 2.39. The standard InChI is InChI=1S/C19H26N2O2/c1-5-14(12-22)8-16-10-20-11-18(21-16)17-9-15(13(2)3)6-7-19(17)23-4/h6-7,9-11,13-14,22H,5,8,12H2,1-4H3. The third-order valence-electron chi connectivity index (χ3n) is 4.18. The molecule has 0 aliphatic carbocycles. The molecule has 1 unspecified atom stereocenters. The molecule has 0 fully saturated rings. The van der Waals surface area contributed by atoms with Crippen LogP contribution in [0.3, 0.4) is 0 Å². The summed E-state index contributed by atoms with van der Waals surface area (Å²) >= 11 is 0. The van der Waals surface area contributed by atoms with Gasteiger partial charge in [0.2, 0.25) is 0 Å². The van der Waals surface area contributed by atoms with E-state index in [4.69, 9.17) is 9.72 Å². The smallest absolute Gasteiger partial charge is 0.128 e. The molecule has 1 heterocycles. The Hall–Kier alpha value is -1.94. The van der Waals surface area contributed by atoms with Gasteiger partial charge in [0.05, 0.1) is 24.7 Å². The molecular weight excluding hydrogens is 288 g/mol. The Kier molecular flexibility index (Phi) is 6.11. The number of ether oxygens (including phenoxy) is 1. The van der Waals surface area contributed by atoms with Crippen LogP contribution in [-0.2, 0) is 6.42 Å². The van der Waals surface area contributed by atoms with Crippen LogP contribution in [0.5, 0.6) is 5.75 Å². The van der Waals surface area contributed by atoms with E-state index in [1.165, 1.54) is 5.56 Å². The summed E-state index contributed by atoms with van der Waals surface area (Å²) in [5.74, 6) is 1.47. The highest BCUT2D eigenvalue weighted by molar-refractivity contribution is 5.67. The summed E-state index contributed by atoms with van der Waals surface area (Å²) in [5, 5.41) is 9.39. The average molecular weight is 314 g/mol. The van der Waals surface area contributed by atoms with Crippen LogP contribution in [0.1, 0.15) is 44.4 Å². The molecule has 0 saturated heterocycles. The van der Waals surface area contributed by atoms with Crippen molar-refractivity contribution < 1.29 is 9.84 Å². The van der Waals surface area contributed by atoms with Crippen LogP contribution in [0.15, 0.2) is 30.6 Å².